The van der Waals surface area contributed by atoms with E-state index in [1.54, 1.807) is 36.4 Å². The Morgan fingerprint density at radius 3 is 2.62 bits per heavy atom. The van der Waals surface area contributed by atoms with Gasteiger partial charge < -0.3 is 14.5 Å². The molecule has 2 aromatic carbocycles. The van der Waals surface area contributed by atoms with Gasteiger partial charge in [0.25, 0.3) is 5.91 Å². The molecule has 0 radical (unpaired) electrons. The van der Waals surface area contributed by atoms with Crippen LogP contribution in [0.15, 0.2) is 63.8 Å². The van der Waals surface area contributed by atoms with Crippen molar-refractivity contribution in [1.82, 2.24) is 5.32 Å². The smallest absolute Gasteiger partial charge is 0.349 e. The number of benzene rings is 2. The van der Waals surface area contributed by atoms with E-state index in [-0.39, 0.29) is 22.9 Å². The van der Waals surface area contributed by atoms with Gasteiger partial charge in [-0.1, -0.05) is 49.1 Å². The molecule has 6 nitrogen and oxygen atoms in total. The molecule has 1 saturated carbocycles. The maximum absolute atomic E-state index is 12.5. The molecule has 4 rings (SSSR count). The maximum atomic E-state index is 12.5. The lowest BCUT2D eigenvalue weighted by Crippen LogP contribution is -2.38. The fourth-order valence-electron chi connectivity index (χ4n) is 3.74. The molecule has 1 heterocycles. The van der Waals surface area contributed by atoms with Gasteiger partial charge in [-0.05, 0) is 48.7 Å². The Bertz CT molecular complexity index is 1240. The van der Waals surface area contributed by atoms with E-state index >= 15 is 0 Å². The molecule has 0 unspecified atom stereocenters. The number of carbonyl (C=O) groups excluding carboxylic acids is 2. The number of ether oxygens (including phenoxy) is 1. The van der Waals surface area contributed by atoms with Gasteiger partial charge in [-0.3, -0.25) is 4.79 Å². The summed E-state index contributed by atoms with van der Waals surface area (Å²) in [7, 11) is 0. The van der Waals surface area contributed by atoms with Crippen LogP contribution in [0.4, 0.5) is 0 Å². The van der Waals surface area contributed by atoms with Crippen molar-refractivity contribution >= 4 is 40.5 Å². The van der Waals surface area contributed by atoms with Crippen LogP contribution in [0.3, 0.4) is 0 Å². The fourth-order valence-corrected chi connectivity index (χ4v) is 3.94. The van der Waals surface area contributed by atoms with Crippen LogP contribution in [0.2, 0.25) is 5.02 Å². The minimum atomic E-state index is -0.729. The molecule has 1 aliphatic carbocycles. The van der Waals surface area contributed by atoms with Crippen LogP contribution in [0.5, 0.6) is 5.75 Å². The summed E-state index contributed by atoms with van der Waals surface area (Å²) in [6, 6.07) is 13.4. The van der Waals surface area contributed by atoms with Crippen molar-refractivity contribution in [3.05, 3.63) is 81.2 Å². The van der Waals surface area contributed by atoms with Crippen LogP contribution < -0.4 is 15.7 Å². The molecule has 0 atom stereocenters. The van der Waals surface area contributed by atoms with Crippen LogP contribution in [0.25, 0.3) is 17.0 Å². The van der Waals surface area contributed by atoms with Gasteiger partial charge in [-0.25, -0.2) is 9.59 Å². The highest BCUT2D eigenvalue weighted by Crippen LogP contribution is 2.22. The summed E-state index contributed by atoms with van der Waals surface area (Å²) in [5.74, 6) is -0.809. The van der Waals surface area contributed by atoms with Gasteiger partial charge in [-0.15, -0.1) is 0 Å². The Balaban J connectivity index is 1.47. The van der Waals surface area contributed by atoms with E-state index in [2.05, 4.69) is 5.32 Å². The minimum Gasteiger partial charge on any atom is -0.423 e. The van der Waals surface area contributed by atoms with Gasteiger partial charge >= 0.3 is 11.6 Å². The molecule has 0 spiro atoms. The number of carbonyl (C=O) groups is 2. The number of esters is 1. The molecule has 0 bridgehead atoms. The van der Waals surface area contributed by atoms with Gasteiger partial charge in [-0.2, -0.15) is 0 Å². The first-order valence-electron chi connectivity index (χ1n) is 10.5. The van der Waals surface area contributed by atoms with E-state index in [0.29, 0.717) is 16.0 Å². The minimum absolute atomic E-state index is 0.0320. The van der Waals surface area contributed by atoms with E-state index < -0.39 is 17.5 Å². The van der Waals surface area contributed by atoms with Crippen LogP contribution in [-0.2, 0) is 4.79 Å². The van der Waals surface area contributed by atoms with E-state index in [1.807, 2.05) is 6.07 Å². The maximum Gasteiger partial charge on any atom is 0.349 e. The molecule has 1 amide bonds. The van der Waals surface area contributed by atoms with Crippen molar-refractivity contribution in [3.63, 3.8) is 0 Å². The summed E-state index contributed by atoms with van der Waals surface area (Å²) in [5.41, 5.74) is 0.155. The van der Waals surface area contributed by atoms with E-state index in [9.17, 15) is 14.4 Å². The Kier molecular flexibility index (Phi) is 6.71. The third-order valence-corrected chi connectivity index (χ3v) is 5.76. The number of amides is 1. The molecule has 3 aromatic rings. The number of halogens is 1. The molecule has 1 aliphatic rings. The molecule has 1 fully saturated rings. The average Bonchev–Trinajstić information content (AvgIpc) is 2.78. The van der Waals surface area contributed by atoms with Crippen molar-refractivity contribution in [2.75, 3.05) is 0 Å². The van der Waals surface area contributed by atoms with Crippen molar-refractivity contribution in [3.8, 4) is 5.75 Å². The second-order valence-corrected chi connectivity index (χ2v) is 8.14. The molecule has 164 valence electrons. The summed E-state index contributed by atoms with van der Waals surface area (Å²) >= 11 is 6.06. The summed E-state index contributed by atoms with van der Waals surface area (Å²) in [5, 5.41) is 4.01. The van der Waals surface area contributed by atoms with Gasteiger partial charge in [0.05, 0.1) is 0 Å². The molecule has 7 heteroatoms. The standard InChI is InChI=1S/C25H22ClNO5/c26-21-9-5-4-6-16(21)11-13-23(28)31-19-12-10-17-14-20(25(30)32-22(17)15-19)24(29)27-18-7-2-1-3-8-18/h4-6,9-15,18H,1-3,7-8H2,(H,27,29)/b13-11+. The zero-order valence-electron chi connectivity index (χ0n) is 17.3. The highest BCUT2D eigenvalue weighted by molar-refractivity contribution is 6.32. The molecule has 1 N–H and O–H groups in total. The Hall–Kier alpha value is -3.38. The molecular weight excluding hydrogens is 430 g/mol. The fraction of sp³-hybridized carbons (Fsp3) is 0.240. The number of nitrogens with one attached hydrogen (secondary N) is 1. The molecule has 0 saturated heterocycles. The predicted molar refractivity (Wildman–Crippen MR) is 123 cm³/mol. The summed E-state index contributed by atoms with van der Waals surface area (Å²) in [6.07, 6.45) is 7.99. The highest BCUT2D eigenvalue weighted by Gasteiger charge is 2.20. The quantitative estimate of drug-likeness (QED) is 0.251. The lowest BCUT2D eigenvalue weighted by molar-refractivity contribution is -0.128. The predicted octanol–water partition coefficient (Wildman–Crippen LogP) is 5.13. The van der Waals surface area contributed by atoms with Gasteiger partial charge in [0.15, 0.2) is 0 Å². The van der Waals surface area contributed by atoms with E-state index in [1.165, 1.54) is 24.6 Å². The monoisotopic (exact) mass is 451 g/mol. The first-order chi connectivity index (χ1) is 15.5. The van der Waals surface area contributed by atoms with Gasteiger partial charge in [0, 0.05) is 28.6 Å². The van der Waals surface area contributed by atoms with Crippen molar-refractivity contribution < 1.29 is 18.7 Å². The second-order valence-electron chi connectivity index (χ2n) is 7.73. The summed E-state index contributed by atoms with van der Waals surface area (Å²) in [6.45, 7) is 0. The third kappa shape index (κ3) is 5.26. The third-order valence-electron chi connectivity index (χ3n) is 5.42. The zero-order chi connectivity index (χ0) is 22.5. The molecule has 1 aromatic heterocycles. The molecule has 32 heavy (non-hydrogen) atoms. The Labute approximate surface area is 189 Å². The lowest BCUT2D eigenvalue weighted by atomic mass is 9.95. The number of hydrogen-bond acceptors (Lipinski definition) is 5. The SMILES string of the molecule is O=C(/C=C/c1ccccc1Cl)Oc1ccc2cc(C(=O)NC3CCCCC3)c(=O)oc2c1. The average molecular weight is 452 g/mol. The summed E-state index contributed by atoms with van der Waals surface area (Å²) < 4.78 is 10.6. The largest absolute Gasteiger partial charge is 0.423 e. The second kappa shape index (κ2) is 9.83. The Morgan fingerprint density at radius 1 is 1.06 bits per heavy atom. The van der Waals surface area contributed by atoms with Crippen LogP contribution in [0, 0.1) is 0 Å². The topological polar surface area (TPSA) is 85.6 Å². The van der Waals surface area contributed by atoms with E-state index in [0.717, 1.165) is 25.7 Å². The van der Waals surface area contributed by atoms with Crippen LogP contribution >= 0.6 is 11.6 Å². The zero-order valence-corrected chi connectivity index (χ0v) is 18.1. The van der Waals surface area contributed by atoms with Gasteiger partial charge in [0.1, 0.15) is 16.9 Å². The normalized spacial score (nSPS) is 14.5. The van der Waals surface area contributed by atoms with E-state index in [4.69, 9.17) is 20.8 Å². The van der Waals surface area contributed by atoms with Crippen LogP contribution in [0.1, 0.15) is 48.0 Å². The summed E-state index contributed by atoms with van der Waals surface area (Å²) in [4.78, 5) is 37.1. The Morgan fingerprint density at radius 2 is 1.84 bits per heavy atom. The first-order valence-corrected chi connectivity index (χ1v) is 10.9. The van der Waals surface area contributed by atoms with Crippen molar-refractivity contribution in [1.29, 1.82) is 0 Å². The van der Waals surface area contributed by atoms with Crippen LogP contribution in [-0.4, -0.2) is 17.9 Å². The van der Waals surface area contributed by atoms with Crippen molar-refractivity contribution in [2.45, 2.75) is 38.1 Å². The highest BCUT2D eigenvalue weighted by atomic mass is 35.5. The first kappa shape index (κ1) is 21.8. The number of fused-ring (bicyclic) bond motifs is 1. The number of rotatable bonds is 5. The molecular formula is C25H22ClNO5. The number of hydrogen-bond donors (Lipinski definition) is 1. The lowest BCUT2D eigenvalue weighted by Gasteiger charge is -2.22. The van der Waals surface area contributed by atoms with Crippen molar-refractivity contribution in [2.24, 2.45) is 0 Å². The van der Waals surface area contributed by atoms with Gasteiger partial charge in [0.2, 0.25) is 0 Å². The molecule has 0 aliphatic heterocycles.